The maximum absolute atomic E-state index is 13.1. The monoisotopic (exact) mass is 460 g/mol. The Hall–Kier alpha value is -2.93. The second-order valence-electron chi connectivity index (χ2n) is 8.84. The largest absolute Gasteiger partial charge is 0.507 e. The number of carbonyl (C=O) groups is 1. The molecule has 2 aromatic carbocycles. The number of ether oxygens (including phenoxy) is 1. The van der Waals surface area contributed by atoms with E-state index in [0.717, 1.165) is 48.7 Å². The Bertz CT molecular complexity index is 1210. The lowest BCUT2D eigenvalue weighted by atomic mass is 9.99. The van der Waals surface area contributed by atoms with E-state index < -0.39 is 0 Å². The summed E-state index contributed by atoms with van der Waals surface area (Å²) in [6.07, 6.45) is 1.82. The number of aromatic hydroxyl groups is 1. The first-order valence-corrected chi connectivity index (χ1v) is 12.2. The van der Waals surface area contributed by atoms with Gasteiger partial charge in [0, 0.05) is 50.2 Å². The van der Waals surface area contributed by atoms with Crippen LogP contribution in [0.15, 0.2) is 53.6 Å². The van der Waals surface area contributed by atoms with Crippen molar-refractivity contribution < 1.29 is 14.6 Å². The molecule has 2 aliphatic heterocycles. The zero-order valence-electron chi connectivity index (χ0n) is 19.0. The molecule has 0 atom stereocenters. The van der Waals surface area contributed by atoms with Crippen molar-refractivity contribution in [1.29, 1.82) is 0 Å². The minimum Gasteiger partial charge on any atom is -0.507 e. The summed E-state index contributed by atoms with van der Waals surface area (Å²) < 4.78 is 6.10. The van der Waals surface area contributed by atoms with Gasteiger partial charge in [0.25, 0.3) is 0 Å². The van der Waals surface area contributed by atoms with Crippen LogP contribution in [-0.4, -0.2) is 46.9 Å². The van der Waals surface area contributed by atoms with Crippen LogP contribution in [0.2, 0.25) is 0 Å². The van der Waals surface area contributed by atoms with Gasteiger partial charge in [0.05, 0.1) is 11.1 Å². The molecule has 1 saturated heterocycles. The second-order valence-corrected chi connectivity index (χ2v) is 9.79. The molecule has 0 radical (unpaired) electrons. The van der Waals surface area contributed by atoms with Crippen LogP contribution in [0.1, 0.15) is 37.5 Å². The molecule has 0 bridgehead atoms. The molecule has 1 fully saturated rings. The van der Waals surface area contributed by atoms with Crippen molar-refractivity contribution in [2.75, 3.05) is 26.2 Å². The van der Waals surface area contributed by atoms with Gasteiger partial charge in [-0.2, -0.15) is 0 Å². The minimum atomic E-state index is -0.107. The second kappa shape index (κ2) is 9.14. The number of benzene rings is 2. The third kappa shape index (κ3) is 4.47. The average Bonchev–Trinajstić information content (AvgIpc) is 3.36. The summed E-state index contributed by atoms with van der Waals surface area (Å²) in [5.74, 6) is 0.936. The van der Waals surface area contributed by atoms with Crippen LogP contribution >= 0.6 is 11.3 Å². The van der Waals surface area contributed by atoms with E-state index in [4.69, 9.17) is 4.74 Å². The highest BCUT2D eigenvalue weighted by Crippen LogP contribution is 2.42. The summed E-state index contributed by atoms with van der Waals surface area (Å²) in [6, 6.07) is 14.3. The van der Waals surface area contributed by atoms with Crippen molar-refractivity contribution in [3.8, 4) is 11.5 Å². The number of rotatable bonds is 5. The molecule has 0 unspecified atom stereocenters. The zero-order chi connectivity index (χ0) is 22.9. The lowest BCUT2D eigenvalue weighted by molar-refractivity contribution is 0.101. The van der Waals surface area contributed by atoms with Crippen molar-refractivity contribution in [1.82, 2.24) is 9.80 Å². The van der Waals surface area contributed by atoms with Crippen molar-refractivity contribution in [3.05, 3.63) is 86.3 Å². The number of ketones is 1. The van der Waals surface area contributed by atoms with Crippen LogP contribution in [0.5, 0.6) is 11.5 Å². The lowest BCUT2D eigenvalue weighted by Crippen LogP contribution is -2.45. The van der Waals surface area contributed by atoms with Crippen LogP contribution in [0.4, 0.5) is 0 Å². The number of piperazine rings is 1. The van der Waals surface area contributed by atoms with Gasteiger partial charge in [0.15, 0.2) is 5.76 Å². The van der Waals surface area contributed by atoms with Crippen LogP contribution in [-0.2, 0) is 13.1 Å². The first-order valence-electron chi connectivity index (χ1n) is 11.3. The first kappa shape index (κ1) is 21.9. The zero-order valence-corrected chi connectivity index (χ0v) is 19.8. The summed E-state index contributed by atoms with van der Waals surface area (Å²) in [6.45, 7) is 9.12. The third-order valence-corrected chi connectivity index (χ3v) is 7.45. The van der Waals surface area contributed by atoms with Crippen LogP contribution in [0.25, 0.3) is 6.08 Å². The third-order valence-electron chi connectivity index (χ3n) is 6.48. The average molecular weight is 461 g/mol. The Morgan fingerprint density at radius 2 is 1.70 bits per heavy atom. The number of hydrogen-bond donors (Lipinski definition) is 1. The van der Waals surface area contributed by atoms with E-state index in [9.17, 15) is 9.90 Å². The Morgan fingerprint density at radius 1 is 1.00 bits per heavy atom. The number of hydrogen-bond acceptors (Lipinski definition) is 6. The van der Waals surface area contributed by atoms with Crippen LogP contribution < -0.4 is 4.74 Å². The Balaban J connectivity index is 1.32. The molecule has 0 aliphatic carbocycles. The van der Waals surface area contributed by atoms with Gasteiger partial charge in [0.2, 0.25) is 5.78 Å². The summed E-state index contributed by atoms with van der Waals surface area (Å²) >= 11 is 1.59. The number of aryl methyl sites for hydroxylation is 2. The lowest BCUT2D eigenvalue weighted by Gasteiger charge is -2.35. The van der Waals surface area contributed by atoms with Gasteiger partial charge in [-0.25, -0.2) is 0 Å². The highest BCUT2D eigenvalue weighted by Gasteiger charge is 2.34. The van der Waals surface area contributed by atoms with E-state index in [2.05, 4.69) is 34.1 Å². The number of Topliss-reactive ketones (excluding diaryl/α,β-unsaturated/α-hetero) is 1. The first-order chi connectivity index (χ1) is 16.0. The standard InChI is InChI=1S/C27H28N2O3S/c1-18-8-13-33-24(18)15-23-26(31)25-19(2)14-22(30)21(27(25)32-23)17-29-11-9-28(10-12-29)16-20-6-4-3-5-7-20/h3-8,13-15,30H,9-12,16-17H2,1-2H3/b23-15-. The molecular formula is C27H28N2O3S. The number of carbonyl (C=O) groups excluding carboxylic acids is 1. The number of thiophene rings is 1. The Labute approximate surface area is 198 Å². The van der Waals surface area contributed by atoms with E-state index in [1.165, 1.54) is 5.56 Å². The number of allylic oxidation sites excluding steroid dienone is 1. The van der Waals surface area contributed by atoms with Gasteiger partial charge in [-0.05, 0) is 48.1 Å². The molecule has 1 aromatic heterocycles. The number of nitrogens with zero attached hydrogens (tertiary/aromatic N) is 2. The van der Waals surface area contributed by atoms with E-state index in [-0.39, 0.29) is 11.5 Å². The van der Waals surface area contributed by atoms with Crippen LogP contribution in [0, 0.1) is 13.8 Å². The molecule has 0 saturated carbocycles. The highest BCUT2D eigenvalue weighted by molar-refractivity contribution is 7.11. The molecule has 3 aromatic rings. The Kier molecular flexibility index (Phi) is 6.06. The van der Waals surface area contributed by atoms with Gasteiger partial charge >= 0.3 is 0 Å². The summed E-state index contributed by atoms with van der Waals surface area (Å²) in [7, 11) is 0. The molecule has 6 heteroatoms. The van der Waals surface area contributed by atoms with E-state index >= 15 is 0 Å². The highest BCUT2D eigenvalue weighted by atomic mass is 32.1. The maximum atomic E-state index is 13.1. The van der Waals surface area contributed by atoms with Gasteiger partial charge in [-0.3, -0.25) is 14.6 Å². The Morgan fingerprint density at radius 3 is 2.36 bits per heavy atom. The van der Waals surface area contributed by atoms with E-state index in [1.54, 1.807) is 17.4 Å². The number of phenols is 1. The minimum absolute atomic E-state index is 0.107. The predicted molar refractivity (Wildman–Crippen MR) is 132 cm³/mol. The van der Waals surface area contributed by atoms with Crippen molar-refractivity contribution in [2.45, 2.75) is 26.9 Å². The molecule has 0 spiro atoms. The van der Waals surface area contributed by atoms with Crippen molar-refractivity contribution in [2.24, 2.45) is 0 Å². The quantitative estimate of drug-likeness (QED) is 0.543. The van der Waals surface area contributed by atoms with Gasteiger partial charge in [-0.1, -0.05) is 30.3 Å². The van der Waals surface area contributed by atoms with Crippen LogP contribution in [0.3, 0.4) is 0 Å². The normalized spacial score (nSPS) is 18.0. The smallest absolute Gasteiger partial charge is 0.232 e. The summed E-state index contributed by atoms with van der Waals surface area (Å²) in [5.41, 5.74) is 4.47. The fourth-order valence-corrected chi connectivity index (χ4v) is 5.40. The fourth-order valence-electron chi connectivity index (χ4n) is 4.55. The summed E-state index contributed by atoms with van der Waals surface area (Å²) in [4.78, 5) is 18.9. The topological polar surface area (TPSA) is 53.0 Å². The number of phenolic OH excluding ortho intramolecular Hbond substituents is 1. The molecule has 33 heavy (non-hydrogen) atoms. The molecule has 0 amide bonds. The predicted octanol–water partition coefficient (Wildman–Crippen LogP) is 5.00. The maximum Gasteiger partial charge on any atom is 0.232 e. The van der Waals surface area contributed by atoms with E-state index in [0.29, 0.717) is 29.2 Å². The van der Waals surface area contributed by atoms with Gasteiger partial charge < -0.3 is 9.84 Å². The van der Waals surface area contributed by atoms with Crippen molar-refractivity contribution in [3.63, 3.8) is 0 Å². The van der Waals surface area contributed by atoms with Crippen molar-refractivity contribution >= 4 is 23.2 Å². The SMILES string of the molecule is Cc1ccsc1/C=C1\Oc2c(CN3CCN(Cc4ccccc4)CC3)c(O)cc(C)c2C1=O. The summed E-state index contributed by atoms with van der Waals surface area (Å²) in [5, 5.41) is 12.8. The molecule has 170 valence electrons. The van der Waals surface area contributed by atoms with Gasteiger partial charge in [-0.15, -0.1) is 11.3 Å². The molecule has 3 heterocycles. The van der Waals surface area contributed by atoms with E-state index in [1.807, 2.05) is 37.4 Å². The molecule has 5 nitrogen and oxygen atoms in total. The molecule has 2 aliphatic rings. The van der Waals surface area contributed by atoms with Gasteiger partial charge in [0.1, 0.15) is 11.5 Å². The number of fused-ring (bicyclic) bond motifs is 1. The molecule has 1 N–H and O–H groups in total. The molecule has 5 rings (SSSR count). The molecular weight excluding hydrogens is 432 g/mol. The fraction of sp³-hybridized carbons (Fsp3) is 0.296.